The molecule has 2 N–H and O–H groups in total. The Morgan fingerprint density at radius 1 is 0.909 bits per heavy atom. The van der Waals surface area contributed by atoms with Crippen molar-refractivity contribution in [1.82, 2.24) is 15.5 Å². The third-order valence-corrected chi connectivity index (χ3v) is 6.11. The Morgan fingerprint density at radius 2 is 1.64 bits per heavy atom. The van der Waals surface area contributed by atoms with Gasteiger partial charge in [-0.1, -0.05) is 31.4 Å². The Hall–Kier alpha value is -3.55. The van der Waals surface area contributed by atoms with E-state index in [2.05, 4.69) is 10.6 Å². The summed E-state index contributed by atoms with van der Waals surface area (Å²) in [6.07, 6.45) is 4.82. The molecule has 33 heavy (non-hydrogen) atoms. The second kappa shape index (κ2) is 9.94. The summed E-state index contributed by atoms with van der Waals surface area (Å²) >= 11 is 0. The smallest absolute Gasteiger partial charge is 0.261 e. The van der Waals surface area contributed by atoms with Gasteiger partial charge in [0, 0.05) is 24.7 Å². The number of carbonyl (C=O) groups is 4. The molecule has 0 unspecified atom stereocenters. The topological polar surface area (TPSA) is 95.6 Å². The molecule has 7 nitrogen and oxygen atoms in total. The van der Waals surface area contributed by atoms with Crippen LogP contribution in [0.4, 0.5) is 4.39 Å². The third kappa shape index (κ3) is 5.10. The zero-order chi connectivity index (χ0) is 23.4. The Labute approximate surface area is 191 Å². The van der Waals surface area contributed by atoms with E-state index in [1.165, 1.54) is 35.2 Å². The first kappa shape index (κ1) is 22.6. The molecule has 0 aromatic heterocycles. The van der Waals surface area contributed by atoms with Gasteiger partial charge in [0.25, 0.3) is 17.7 Å². The Kier molecular flexibility index (Phi) is 6.82. The average molecular weight is 451 g/mol. The molecule has 1 heterocycles. The number of amides is 4. The van der Waals surface area contributed by atoms with Gasteiger partial charge in [0.2, 0.25) is 5.91 Å². The van der Waals surface area contributed by atoms with Crippen molar-refractivity contribution in [1.29, 1.82) is 0 Å². The standard InChI is InChI=1S/C25H26FN3O4/c26-18-6-4-5-16(13-18)14-22(30)27-11-12-28-23(31)17-9-10-20-21(15-17)25(33)29(24(20)32)19-7-2-1-3-8-19/h4-6,9-10,13,15,19H,1-3,7-8,11-12,14H2,(H,27,30)(H,28,31). The van der Waals surface area contributed by atoms with Crippen LogP contribution in [0.1, 0.15) is 68.7 Å². The lowest BCUT2D eigenvalue weighted by Crippen LogP contribution is -2.40. The Morgan fingerprint density at radius 3 is 2.39 bits per heavy atom. The number of hydrogen-bond donors (Lipinski definition) is 2. The highest BCUT2D eigenvalue weighted by Crippen LogP contribution is 2.31. The number of carbonyl (C=O) groups excluding carboxylic acids is 4. The quantitative estimate of drug-likeness (QED) is 0.500. The van der Waals surface area contributed by atoms with E-state index in [0.717, 1.165) is 32.1 Å². The zero-order valence-corrected chi connectivity index (χ0v) is 18.2. The van der Waals surface area contributed by atoms with E-state index in [1.54, 1.807) is 12.1 Å². The highest BCUT2D eigenvalue weighted by Gasteiger charge is 2.40. The van der Waals surface area contributed by atoms with Gasteiger partial charge in [-0.15, -0.1) is 0 Å². The molecule has 0 atom stereocenters. The molecule has 0 radical (unpaired) electrons. The highest BCUT2D eigenvalue weighted by atomic mass is 19.1. The predicted octanol–water partition coefficient (Wildman–Crippen LogP) is 2.84. The van der Waals surface area contributed by atoms with Crippen molar-refractivity contribution < 1.29 is 23.6 Å². The van der Waals surface area contributed by atoms with Crippen molar-refractivity contribution in [2.45, 2.75) is 44.6 Å². The Balaban J connectivity index is 1.29. The Bertz CT molecular complexity index is 1090. The maximum atomic E-state index is 13.2. The molecule has 2 aliphatic rings. The normalized spacial score (nSPS) is 16.0. The summed E-state index contributed by atoms with van der Waals surface area (Å²) in [6.45, 7) is 0.392. The number of halogens is 1. The number of hydrogen-bond acceptors (Lipinski definition) is 4. The van der Waals surface area contributed by atoms with Gasteiger partial charge in [-0.05, 0) is 48.7 Å². The molecule has 1 aliphatic carbocycles. The van der Waals surface area contributed by atoms with Crippen LogP contribution in [0.15, 0.2) is 42.5 Å². The largest absolute Gasteiger partial charge is 0.354 e. The number of nitrogens with zero attached hydrogens (tertiary/aromatic N) is 1. The van der Waals surface area contributed by atoms with E-state index in [0.29, 0.717) is 11.1 Å². The molecule has 8 heteroatoms. The molecule has 4 rings (SSSR count). The van der Waals surface area contributed by atoms with Crippen LogP contribution >= 0.6 is 0 Å². The monoisotopic (exact) mass is 451 g/mol. The minimum atomic E-state index is -0.399. The average Bonchev–Trinajstić information content (AvgIpc) is 3.06. The van der Waals surface area contributed by atoms with Crippen LogP contribution in [-0.4, -0.2) is 47.7 Å². The van der Waals surface area contributed by atoms with E-state index in [1.807, 2.05) is 0 Å². The predicted molar refractivity (Wildman–Crippen MR) is 119 cm³/mol. The van der Waals surface area contributed by atoms with Crippen LogP contribution in [0.3, 0.4) is 0 Å². The number of benzene rings is 2. The van der Waals surface area contributed by atoms with E-state index in [9.17, 15) is 23.6 Å². The van der Waals surface area contributed by atoms with Crippen molar-refractivity contribution in [2.75, 3.05) is 13.1 Å². The lowest BCUT2D eigenvalue weighted by molar-refractivity contribution is -0.120. The third-order valence-electron chi connectivity index (χ3n) is 6.11. The van der Waals surface area contributed by atoms with Crippen molar-refractivity contribution in [2.24, 2.45) is 0 Å². The molecule has 1 fully saturated rings. The molecule has 2 aromatic rings. The highest BCUT2D eigenvalue weighted by molar-refractivity contribution is 6.22. The van der Waals surface area contributed by atoms with Gasteiger partial charge in [-0.2, -0.15) is 0 Å². The van der Waals surface area contributed by atoms with E-state index >= 15 is 0 Å². The maximum Gasteiger partial charge on any atom is 0.261 e. The number of rotatable bonds is 7. The van der Waals surface area contributed by atoms with Gasteiger partial charge in [-0.3, -0.25) is 24.1 Å². The summed E-state index contributed by atoms with van der Waals surface area (Å²) in [5.74, 6) is -1.69. The van der Waals surface area contributed by atoms with E-state index < -0.39 is 11.7 Å². The maximum absolute atomic E-state index is 13.2. The fraction of sp³-hybridized carbons (Fsp3) is 0.360. The second-order valence-electron chi connectivity index (χ2n) is 8.45. The number of nitrogens with one attached hydrogen (secondary N) is 2. The second-order valence-corrected chi connectivity index (χ2v) is 8.45. The van der Waals surface area contributed by atoms with Crippen LogP contribution in [0, 0.1) is 5.82 Å². The van der Waals surface area contributed by atoms with Crippen molar-refractivity contribution in [3.8, 4) is 0 Å². The molecule has 0 spiro atoms. The van der Waals surface area contributed by atoms with Crippen LogP contribution in [0.5, 0.6) is 0 Å². The van der Waals surface area contributed by atoms with Crippen molar-refractivity contribution in [3.05, 3.63) is 70.5 Å². The minimum absolute atomic E-state index is 0.0458. The van der Waals surface area contributed by atoms with E-state index in [-0.39, 0.29) is 54.4 Å². The lowest BCUT2D eigenvalue weighted by atomic mass is 9.94. The van der Waals surface area contributed by atoms with E-state index in [4.69, 9.17) is 0 Å². The van der Waals surface area contributed by atoms with Crippen LogP contribution in [0.25, 0.3) is 0 Å². The first-order valence-corrected chi connectivity index (χ1v) is 11.3. The summed E-state index contributed by atoms with van der Waals surface area (Å²) in [6, 6.07) is 10.3. The molecule has 2 aromatic carbocycles. The fourth-order valence-electron chi connectivity index (χ4n) is 4.45. The van der Waals surface area contributed by atoms with Gasteiger partial charge in [0.05, 0.1) is 17.5 Å². The summed E-state index contributed by atoms with van der Waals surface area (Å²) in [5, 5.41) is 5.37. The summed E-state index contributed by atoms with van der Waals surface area (Å²) < 4.78 is 13.2. The number of fused-ring (bicyclic) bond motifs is 1. The summed E-state index contributed by atoms with van der Waals surface area (Å²) in [4.78, 5) is 51.5. The summed E-state index contributed by atoms with van der Waals surface area (Å²) in [7, 11) is 0. The first-order chi connectivity index (χ1) is 15.9. The van der Waals surface area contributed by atoms with Gasteiger partial charge in [0.15, 0.2) is 0 Å². The molecule has 0 saturated heterocycles. The van der Waals surface area contributed by atoms with Crippen LogP contribution < -0.4 is 10.6 Å². The summed E-state index contributed by atoms with van der Waals surface area (Å²) in [5.41, 5.74) is 1.45. The fourth-order valence-corrected chi connectivity index (χ4v) is 4.45. The van der Waals surface area contributed by atoms with Gasteiger partial charge < -0.3 is 10.6 Å². The minimum Gasteiger partial charge on any atom is -0.354 e. The molecule has 4 amide bonds. The van der Waals surface area contributed by atoms with Crippen molar-refractivity contribution >= 4 is 23.6 Å². The van der Waals surface area contributed by atoms with Crippen LogP contribution in [0.2, 0.25) is 0 Å². The molecule has 172 valence electrons. The first-order valence-electron chi connectivity index (χ1n) is 11.3. The molecular formula is C25H26FN3O4. The lowest BCUT2D eigenvalue weighted by Gasteiger charge is -2.29. The van der Waals surface area contributed by atoms with Gasteiger partial charge in [0.1, 0.15) is 5.82 Å². The van der Waals surface area contributed by atoms with Crippen molar-refractivity contribution in [3.63, 3.8) is 0 Å². The molecule has 0 bridgehead atoms. The molecule has 1 saturated carbocycles. The zero-order valence-electron chi connectivity index (χ0n) is 18.2. The van der Waals surface area contributed by atoms with Gasteiger partial charge >= 0.3 is 0 Å². The molecule has 1 aliphatic heterocycles. The molecular weight excluding hydrogens is 425 g/mol. The number of imide groups is 1. The van der Waals surface area contributed by atoms with Crippen LogP contribution in [-0.2, 0) is 11.2 Å². The SMILES string of the molecule is O=C(Cc1cccc(F)c1)NCCNC(=O)c1ccc2c(c1)C(=O)N(C1CCCCC1)C2=O. The van der Waals surface area contributed by atoms with Gasteiger partial charge in [-0.25, -0.2) is 4.39 Å².